The predicted octanol–water partition coefficient (Wildman–Crippen LogP) is 2.99. The van der Waals surface area contributed by atoms with Gasteiger partial charge in [0.15, 0.2) is 0 Å². The molecule has 1 aromatic rings. The van der Waals surface area contributed by atoms with Crippen LogP contribution in [-0.2, 0) is 4.74 Å². The molecule has 0 amide bonds. The first-order valence-corrected chi connectivity index (χ1v) is 6.49. The summed E-state index contributed by atoms with van der Waals surface area (Å²) in [5.41, 5.74) is 2.25. The lowest BCUT2D eigenvalue weighted by molar-refractivity contribution is 0.0595. The molecule has 16 heavy (non-hydrogen) atoms. The molecule has 1 unspecified atom stereocenters. The average Bonchev–Trinajstić information content (AvgIpc) is 2.32. The fourth-order valence-corrected chi connectivity index (χ4v) is 2.10. The van der Waals surface area contributed by atoms with Gasteiger partial charge in [-0.3, -0.25) is 0 Å². The number of nitrogens with one attached hydrogen (secondary N) is 1. The second-order valence-corrected chi connectivity index (χ2v) is 5.05. The van der Waals surface area contributed by atoms with Crippen LogP contribution in [0.3, 0.4) is 0 Å². The molecular weight excluding hydrogens is 268 g/mol. The van der Waals surface area contributed by atoms with Crippen molar-refractivity contribution in [1.29, 1.82) is 0 Å². The number of aromatic nitrogens is 1. The van der Waals surface area contributed by atoms with Crippen LogP contribution in [-0.4, -0.2) is 24.7 Å². The molecule has 88 valence electrons. The molecule has 0 spiro atoms. The first-order valence-electron chi connectivity index (χ1n) is 5.69. The topological polar surface area (TPSA) is 34.1 Å². The summed E-state index contributed by atoms with van der Waals surface area (Å²) in [6, 6.07) is 2.11. The number of nitrogens with zero attached hydrogens (tertiary/aromatic N) is 1. The summed E-state index contributed by atoms with van der Waals surface area (Å²) in [7, 11) is 0. The molecule has 0 radical (unpaired) electrons. The van der Waals surface area contributed by atoms with Crippen LogP contribution >= 0.6 is 15.9 Å². The Hall–Kier alpha value is -0.610. The zero-order chi connectivity index (χ0) is 11.4. The lowest BCUT2D eigenvalue weighted by Gasteiger charge is -2.22. The van der Waals surface area contributed by atoms with Gasteiger partial charge in [-0.2, -0.15) is 0 Å². The highest BCUT2D eigenvalue weighted by molar-refractivity contribution is 9.10. The van der Waals surface area contributed by atoms with Crippen molar-refractivity contribution < 1.29 is 4.74 Å². The summed E-state index contributed by atoms with van der Waals surface area (Å²) in [5.74, 6) is 0.637. The van der Waals surface area contributed by atoms with E-state index < -0.39 is 0 Å². The number of aryl methyl sites for hydroxylation is 1. The van der Waals surface area contributed by atoms with E-state index in [4.69, 9.17) is 4.74 Å². The minimum absolute atomic E-state index is 0.637. The summed E-state index contributed by atoms with van der Waals surface area (Å²) in [5, 5.41) is 3.42. The zero-order valence-corrected chi connectivity index (χ0v) is 11.1. The average molecular weight is 285 g/mol. The van der Waals surface area contributed by atoms with Gasteiger partial charge < -0.3 is 10.1 Å². The maximum Gasteiger partial charge on any atom is 0.109 e. The number of pyridine rings is 1. The lowest BCUT2D eigenvalue weighted by Crippen LogP contribution is -2.24. The molecule has 1 saturated heterocycles. The molecule has 1 N–H and O–H groups in total. The Morgan fingerprint density at radius 3 is 3.19 bits per heavy atom. The third-order valence-corrected chi connectivity index (χ3v) is 3.69. The largest absolute Gasteiger partial charge is 0.383 e. The van der Waals surface area contributed by atoms with E-state index in [2.05, 4.69) is 32.3 Å². The van der Waals surface area contributed by atoms with Crippen LogP contribution in [0.15, 0.2) is 16.9 Å². The van der Waals surface area contributed by atoms with Gasteiger partial charge in [-0.25, -0.2) is 4.98 Å². The van der Waals surface area contributed by atoms with Crippen molar-refractivity contribution >= 4 is 21.6 Å². The molecule has 1 aliphatic heterocycles. The van der Waals surface area contributed by atoms with Gasteiger partial charge >= 0.3 is 0 Å². The van der Waals surface area contributed by atoms with Crippen LogP contribution in [0.2, 0.25) is 0 Å². The van der Waals surface area contributed by atoms with E-state index in [1.54, 1.807) is 0 Å². The van der Waals surface area contributed by atoms with Gasteiger partial charge in [-0.05, 0) is 53.2 Å². The number of anilines is 1. The molecular formula is C12H17BrN2O. The maximum absolute atomic E-state index is 5.45. The van der Waals surface area contributed by atoms with E-state index >= 15 is 0 Å². The van der Waals surface area contributed by atoms with Crippen molar-refractivity contribution in [3.63, 3.8) is 0 Å². The van der Waals surface area contributed by atoms with E-state index in [1.165, 1.54) is 12.8 Å². The van der Waals surface area contributed by atoms with Gasteiger partial charge in [0.05, 0.1) is 18.5 Å². The minimum Gasteiger partial charge on any atom is -0.383 e. The predicted molar refractivity (Wildman–Crippen MR) is 68.7 cm³/mol. The molecule has 1 fully saturated rings. The summed E-state index contributed by atoms with van der Waals surface area (Å²) in [6.45, 7) is 4.83. The fraction of sp³-hybridized carbons (Fsp3) is 0.583. The second-order valence-electron chi connectivity index (χ2n) is 4.30. The van der Waals surface area contributed by atoms with E-state index in [1.807, 2.05) is 13.1 Å². The van der Waals surface area contributed by atoms with Crippen molar-refractivity contribution in [2.75, 3.05) is 25.1 Å². The van der Waals surface area contributed by atoms with Crippen LogP contribution in [0, 0.1) is 12.8 Å². The van der Waals surface area contributed by atoms with Crippen molar-refractivity contribution in [3.8, 4) is 0 Å². The molecule has 1 aliphatic rings. The molecule has 0 aliphatic carbocycles. The number of ether oxygens (including phenoxy) is 1. The van der Waals surface area contributed by atoms with Gasteiger partial charge in [0.1, 0.15) is 4.60 Å². The van der Waals surface area contributed by atoms with Gasteiger partial charge in [0, 0.05) is 13.2 Å². The Morgan fingerprint density at radius 1 is 1.62 bits per heavy atom. The summed E-state index contributed by atoms with van der Waals surface area (Å²) >= 11 is 3.40. The summed E-state index contributed by atoms with van der Waals surface area (Å²) in [6.07, 6.45) is 4.31. The molecule has 0 aromatic carbocycles. The van der Waals surface area contributed by atoms with Gasteiger partial charge in [-0.15, -0.1) is 0 Å². The molecule has 0 bridgehead atoms. The Kier molecular flexibility index (Phi) is 4.18. The molecule has 1 atom stereocenters. The minimum atomic E-state index is 0.637. The van der Waals surface area contributed by atoms with Crippen LogP contribution in [0.4, 0.5) is 5.69 Å². The highest BCUT2D eigenvalue weighted by atomic mass is 79.9. The highest BCUT2D eigenvalue weighted by Crippen LogP contribution is 2.18. The van der Waals surface area contributed by atoms with Crippen molar-refractivity contribution in [1.82, 2.24) is 4.98 Å². The summed E-state index contributed by atoms with van der Waals surface area (Å²) < 4.78 is 6.37. The van der Waals surface area contributed by atoms with E-state index in [-0.39, 0.29) is 0 Å². The lowest BCUT2D eigenvalue weighted by atomic mass is 10.0. The second kappa shape index (κ2) is 5.64. The molecule has 2 heterocycles. The Labute approximate surface area is 105 Å². The smallest absolute Gasteiger partial charge is 0.109 e. The quantitative estimate of drug-likeness (QED) is 0.867. The molecule has 3 nitrogen and oxygen atoms in total. The third kappa shape index (κ3) is 3.19. The number of halogens is 1. The van der Waals surface area contributed by atoms with Crippen LogP contribution in [0.5, 0.6) is 0 Å². The molecule has 1 aromatic heterocycles. The van der Waals surface area contributed by atoms with Gasteiger partial charge in [0.25, 0.3) is 0 Å². The van der Waals surface area contributed by atoms with E-state index in [9.17, 15) is 0 Å². The van der Waals surface area contributed by atoms with Crippen molar-refractivity contribution in [3.05, 3.63) is 22.4 Å². The van der Waals surface area contributed by atoms with Crippen molar-refractivity contribution in [2.24, 2.45) is 5.92 Å². The van der Waals surface area contributed by atoms with E-state index in [0.717, 1.165) is 35.6 Å². The first kappa shape index (κ1) is 11.9. The SMILES string of the molecule is Cc1cc(NCC2CCCOC2)cnc1Br. The standard InChI is InChI=1S/C12H17BrN2O/c1-9-5-11(7-15-12(9)13)14-6-10-3-2-4-16-8-10/h5,7,10,14H,2-4,6,8H2,1H3. The summed E-state index contributed by atoms with van der Waals surface area (Å²) in [4.78, 5) is 4.27. The monoisotopic (exact) mass is 284 g/mol. The van der Waals surface area contributed by atoms with Crippen molar-refractivity contribution in [2.45, 2.75) is 19.8 Å². The third-order valence-electron chi connectivity index (χ3n) is 2.86. The maximum atomic E-state index is 5.45. The fourth-order valence-electron chi connectivity index (χ4n) is 1.89. The number of rotatable bonds is 3. The normalized spacial score (nSPS) is 20.8. The molecule has 0 saturated carbocycles. The molecule has 2 rings (SSSR count). The molecule has 4 heteroatoms. The van der Waals surface area contributed by atoms with Gasteiger partial charge in [0.2, 0.25) is 0 Å². The zero-order valence-electron chi connectivity index (χ0n) is 9.50. The number of hydrogen-bond donors (Lipinski definition) is 1. The highest BCUT2D eigenvalue weighted by Gasteiger charge is 2.13. The van der Waals surface area contributed by atoms with Crippen LogP contribution in [0.25, 0.3) is 0 Å². The van der Waals surface area contributed by atoms with E-state index in [0.29, 0.717) is 5.92 Å². The van der Waals surface area contributed by atoms with Crippen LogP contribution < -0.4 is 5.32 Å². The Morgan fingerprint density at radius 2 is 2.50 bits per heavy atom. The van der Waals surface area contributed by atoms with Crippen LogP contribution in [0.1, 0.15) is 18.4 Å². The Bertz CT molecular complexity index is 351. The number of hydrogen-bond acceptors (Lipinski definition) is 3. The van der Waals surface area contributed by atoms with Gasteiger partial charge in [-0.1, -0.05) is 0 Å². The first-order chi connectivity index (χ1) is 7.75. The Balaban J connectivity index is 1.86.